The van der Waals surface area contributed by atoms with Gasteiger partial charge in [-0.25, -0.2) is 12.7 Å². The van der Waals surface area contributed by atoms with E-state index in [0.717, 1.165) is 21.1 Å². The van der Waals surface area contributed by atoms with E-state index in [4.69, 9.17) is 9.47 Å². The summed E-state index contributed by atoms with van der Waals surface area (Å²) < 4.78 is 38.9. The Balaban J connectivity index is 1.88. The van der Waals surface area contributed by atoms with Crippen molar-refractivity contribution in [3.05, 3.63) is 53.6 Å². The fourth-order valence-electron chi connectivity index (χ4n) is 3.55. The van der Waals surface area contributed by atoms with Gasteiger partial charge >= 0.3 is 0 Å². The molecule has 194 valence electrons. The lowest BCUT2D eigenvalue weighted by molar-refractivity contribution is -0.113. The number of carbonyl (C=O) groups is 1. The van der Waals surface area contributed by atoms with E-state index in [0.29, 0.717) is 16.5 Å². The average molecular weight is 534 g/mol. The Morgan fingerprint density at radius 3 is 2.36 bits per heavy atom. The van der Waals surface area contributed by atoms with E-state index >= 15 is 0 Å². The number of nitrogens with one attached hydrogen (secondary N) is 1. The molecule has 36 heavy (non-hydrogen) atoms. The molecule has 0 saturated heterocycles. The summed E-state index contributed by atoms with van der Waals surface area (Å²) in [5.41, 5.74) is 3.41. The molecular weight excluding hydrogens is 502 g/mol. The van der Waals surface area contributed by atoms with E-state index < -0.39 is 16.3 Å². The molecule has 1 aromatic heterocycles. The van der Waals surface area contributed by atoms with Gasteiger partial charge in [0.05, 0.1) is 17.2 Å². The number of anilines is 1. The van der Waals surface area contributed by atoms with Crippen LogP contribution in [0.5, 0.6) is 0 Å². The van der Waals surface area contributed by atoms with Gasteiger partial charge in [-0.1, -0.05) is 30.0 Å². The summed E-state index contributed by atoms with van der Waals surface area (Å²) in [6.45, 7) is 4.19. The molecule has 0 saturated carbocycles. The maximum Gasteiger partial charge on any atom is 0.242 e. The number of aromatic nitrogens is 3. The molecule has 0 aliphatic carbocycles. The fraction of sp³-hybridized carbons (Fsp3) is 0.375. The van der Waals surface area contributed by atoms with Crippen molar-refractivity contribution >= 4 is 33.4 Å². The number of nitrogens with zero attached hydrogens (tertiary/aromatic N) is 4. The molecule has 0 unspecified atom stereocenters. The quantitative estimate of drug-likeness (QED) is 0.295. The number of aryl methyl sites for hydroxylation is 2. The van der Waals surface area contributed by atoms with Crippen LogP contribution in [-0.2, 0) is 30.8 Å². The van der Waals surface area contributed by atoms with Gasteiger partial charge in [-0.2, -0.15) is 0 Å². The highest BCUT2D eigenvalue weighted by atomic mass is 32.2. The van der Waals surface area contributed by atoms with Crippen LogP contribution in [0.25, 0.3) is 11.4 Å². The van der Waals surface area contributed by atoms with Crippen LogP contribution in [0.4, 0.5) is 5.69 Å². The van der Waals surface area contributed by atoms with Crippen molar-refractivity contribution in [2.24, 2.45) is 0 Å². The molecular formula is C24H31N5O5S2. The number of carbonyl (C=O) groups excluding carboxylic acids is 1. The van der Waals surface area contributed by atoms with Crippen molar-refractivity contribution in [3.8, 4) is 11.4 Å². The molecule has 0 radical (unpaired) electrons. The van der Waals surface area contributed by atoms with Gasteiger partial charge in [0.1, 0.15) is 0 Å². The molecule has 1 heterocycles. The van der Waals surface area contributed by atoms with Gasteiger partial charge in [-0.05, 0) is 49.2 Å². The topological polar surface area (TPSA) is 116 Å². The zero-order chi connectivity index (χ0) is 26.5. The predicted molar refractivity (Wildman–Crippen MR) is 139 cm³/mol. The molecule has 1 N–H and O–H groups in total. The normalized spacial score (nSPS) is 11.9. The first-order chi connectivity index (χ1) is 17.0. The van der Waals surface area contributed by atoms with Crippen LogP contribution in [0.3, 0.4) is 0 Å². The van der Waals surface area contributed by atoms with Crippen LogP contribution in [0.15, 0.2) is 52.5 Å². The molecule has 0 atom stereocenters. The monoisotopic (exact) mass is 533 g/mol. The third kappa shape index (κ3) is 6.71. The van der Waals surface area contributed by atoms with Gasteiger partial charge in [0.15, 0.2) is 17.3 Å². The summed E-state index contributed by atoms with van der Waals surface area (Å²) >= 11 is 1.22. The number of thioether (sulfide) groups is 1. The maximum atomic E-state index is 12.6. The molecule has 0 aliphatic heterocycles. The lowest BCUT2D eigenvalue weighted by Crippen LogP contribution is -2.23. The van der Waals surface area contributed by atoms with Crippen LogP contribution < -0.4 is 5.32 Å². The third-order valence-corrected chi connectivity index (χ3v) is 8.06. The number of benzene rings is 2. The molecule has 3 rings (SSSR count). The van der Waals surface area contributed by atoms with Crippen molar-refractivity contribution in [1.29, 1.82) is 0 Å². The standard InChI is InChI=1S/C24H31N5O5S2/c1-16-10-17(2)12-19(11-16)25-21(30)15-35-24-27-26-23(29(24)14-22(33-5)34-6)18-8-7-9-20(13-18)36(31,32)28(3)4/h7-13,22H,14-15H2,1-6H3,(H,25,30). The summed E-state index contributed by atoms with van der Waals surface area (Å²) in [6.07, 6.45) is -0.600. The molecule has 1 amide bonds. The summed E-state index contributed by atoms with van der Waals surface area (Å²) in [4.78, 5) is 12.8. The van der Waals surface area contributed by atoms with E-state index in [1.165, 1.54) is 46.1 Å². The van der Waals surface area contributed by atoms with E-state index in [1.807, 2.05) is 32.0 Å². The van der Waals surface area contributed by atoms with Crippen molar-refractivity contribution in [2.45, 2.75) is 36.7 Å². The smallest absolute Gasteiger partial charge is 0.242 e. The number of ether oxygens (including phenoxy) is 2. The number of sulfonamides is 1. The summed E-state index contributed by atoms with van der Waals surface area (Å²) in [5.74, 6) is 0.350. The Bertz CT molecular complexity index is 1300. The van der Waals surface area contributed by atoms with E-state index in [9.17, 15) is 13.2 Å². The Labute approximate surface area is 216 Å². The molecule has 10 nitrogen and oxygen atoms in total. The van der Waals surface area contributed by atoms with Gasteiger partial charge in [-0.15, -0.1) is 10.2 Å². The van der Waals surface area contributed by atoms with Gasteiger partial charge in [0, 0.05) is 39.6 Å². The minimum absolute atomic E-state index is 0.102. The highest BCUT2D eigenvalue weighted by Crippen LogP contribution is 2.27. The molecule has 0 aliphatic rings. The number of hydrogen-bond donors (Lipinski definition) is 1. The Morgan fingerprint density at radius 1 is 1.08 bits per heavy atom. The van der Waals surface area contributed by atoms with Gasteiger partial charge < -0.3 is 14.8 Å². The molecule has 2 aromatic carbocycles. The molecule has 12 heteroatoms. The van der Waals surface area contributed by atoms with Crippen molar-refractivity contribution in [1.82, 2.24) is 19.1 Å². The number of rotatable bonds is 11. The Kier molecular flexibility index (Phi) is 9.25. The number of amides is 1. The highest BCUT2D eigenvalue weighted by Gasteiger charge is 2.22. The molecule has 0 fully saturated rings. The van der Waals surface area contributed by atoms with E-state index in [1.54, 1.807) is 22.8 Å². The maximum absolute atomic E-state index is 12.6. The van der Waals surface area contributed by atoms with Gasteiger partial charge in [0.25, 0.3) is 0 Å². The van der Waals surface area contributed by atoms with Crippen LogP contribution >= 0.6 is 11.8 Å². The number of hydrogen-bond acceptors (Lipinski definition) is 8. The summed E-state index contributed by atoms with van der Waals surface area (Å²) in [7, 11) is 2.36. The van der Waals surface area contributed by atoms with Crippen LogP contribution in [0.1, 0.15) is 11.1 Å². The van der Waals surface area contributed by atoms with Crippen LogP contribution in [0.2, 0.25) is 0 Å². The largest absolute Gasteiger partial charge is 0.354 e. The predicted octanol–water partition coefficient (Wildman–Crippen LogP) is 3.16. The Morgan fingerprint density at radius 2 is 1.75 bits per heavy atom. The zero-order valence-corrected chi connectivity index (χ0v) is 22.8. The second-order valence-electron chi connectivity index (χ2n) is 8.35. The van der Waals surface area contributed by atoms with Gasteiger partial charge in [-0.3, -0.25) is 9.36 Å². The first-order valence-electron chi connectivity index (χ1n) is 11.1. The SMILES string of the molecule is COC(Cn1c(SCC(=O)Nc2cc(C)cc(C)c2)nnc1-c1cccc(S(=O)(=O)N(C)C)c1)OC. The first kappa shape index (κ1) is 27.8. The lowest BCUT2D eigenvalue weighted by Gasteiger charge is -2.17. The van der Waals surface area contributed by atoms with Gasteiger partial charge in [0.2, 0.25) is 15.9 Å². The highest BCUT2D eigenvalue weighted by molar-refractivity contribution is 7.99. The first-order valence-corrected chi connectivity index (χ1v) is 13.5. The summed E-state index contributed by atoms with van der Waals surface area (Å²) in [6, 6.07) is 12.3. The third-order valence-electron chi connectivity index (χ3n) is 5.28. The van der Waals surface area contributed by atoms with Crippen LogP contribution in [-0.4, -0.2) is 73.8 Å². The van der Waals surface area contributed by atoms with Crippen LogP contribution in [0, 0.1) is 13.8 Å². The van der Waals surface area contributed by atoms with E-state index in [-0.39, 0.29) is 23.1 Å². The number of methoxy groups -OCH3 is 2. The lowest BCUT2D eigenvalue weighted by atomic mass is 10.1. The second kappa shape index (κ2) is 12.0. The fourth-order valence-corrected chi connectivity index (χ4v) is 5.24. The summed E-state index contributed by atoms with van der Waals surface area (Å²) in [5, 5.41) is 12.0. The average Bonchev–Trinajstić information content (AvgIpc) is 3.22. The molecule has 0 spiro atoms. The van der Waals surface area contributed by atoms with E-state index in [2.05, 4.69) is 15.5 Å². The minimum atomic E-state index is -3.63. The second-order valence-corrected chi connectivity index (χ2v) is 11.4. The van der Waals surface area contributed by atoms with Crippen molar-refractivity contribution in [2.75, 3.05) is 39.4 Å². The minimum Gasteiger partial charge on any atom is -0.354 e. The van der Waals surface area contributed by atoms with Crippen molar-refractivity contribution < 1.29 is 22.7 Å². The molecule has 3 aromatic rings. The Hall–Kier alpha value is -2.77. The molecule has 0 bridgehead atoms. The zero-order valence-electron chi connectivity index (χ0n) is 21.2. The van der Waals surface area contributed by atoms with Crippen molar-refractivity contribution in [3.63, 3.8) is 0 Å².